The zero-order valence-corrected chi connectivity index (χ0v) is 8.60. The van der Waals surface area contributed by atoms with Crippen LogP contribution in [0.4, 0.5) is 0 Å². The maximum Gasteiger partial charge on any atom is 0.100 e. The molecule has 0 fully saturated rings. The highest BCUT2D eigenvalue weighted by Crippen LogP contribution is 2.09. The monoisotopic (exact) mass is 189 g/mol. The molecule has 0 aliphatic rings. The van der Waals surface area contributed by atoms with Crippen molar-refractivity contribution in [3.8, 4) is 5.69 Å². The van der Waals surface area contributed by atoms with E-state index >= 15 is 0 Å². The van der Waals surface area contributed by atoms with E-state index in [1.807, 2.05) is 28.6 Å². The number of nitrogens with zero attached hydrogens (tertiary/aromatic N) is 4. The molecule has 0 N–H and O–H groups in total. The minimum Gasteiger partial charge on any atom is -0.294 e. The molecule has 0 aliphatic heterocycles. The Morgan fingerprint density at radius 3 is 2.71 bits per heavy atom. The fourth-order valence-electron chi connectivity index (χ4n) is 1.24. The van der Waals surface area contributed by atoms with E-state index in [1.165, 1.54) is 0 Å². The van der Waals surface area contributed by atoms with Crippen molar-refractivity contribution in [1.82, 2.24) is 19.3 Å². The van der Waals surface area contributed by atoms with Gasteiger partial charge in [-0.25, -0.2) is 4.98 Å². The van der Waals surface area contributed by atoms with Gasteiger partial charge in [-0.05, 0) is 20.8 Å². The smallest absolute Gasteiger partial charge is 0.100 e. The number of hydrogen-bond acceptors (Lipinski definition) is 2. The second-order valence-electron chi connectivity index (χ2n) is 3.58. The SMILES string of the molecule is Cc1[c]n(-c2cnn(C(C)C)c2)cn1. The molecule has 0 aromatic carbocycles. The van der Waals surface area contributed by atoms with Crippen LogP contribution in [0.15, 0.2) is 18.7 Å². The van der Waals surface area contributed by atoms with Crippen LogP contribution in [0.1, 0.15) is 25.6 Å². The quantitative estimate of drug-likeness (QED) is 0.721. The van der Waals surface area contributed by atoms with Gasteiger partial charge in [0.05, 0.1) is 23.8 Å². The van der Waals surface area contributed by atoms with Crippen LogP contribution in [0, 0.1) is 13.1 Å². The first-order valence-electron chi connectivity index (χ1n) is 4.64. The van der Waals surface area contributed by atoms with Crippen LogP contribution in [0.5, 0.6) is 0 Å². The normalized spacial score (nSPS) is 11.1. The van der Waals surface area contributed by atoms with Crippen molar-refractivity contribution in [3.05, 3.63) is 30.6 Å². The van der Waals surface area contributed by atoms with E-state index in [4.69, 9.17) is 0 Å². The summed E-state index contributed by atoms with van der Waals surface area (Å²) >= 11 is 0. The largest absolute Gasteiger partial charge is 0.294 e. The van der Waals surface area contributed by atoms with Crippen molar-refractivity contribution < 1.29 is 0 Å². The molecule has 4 nitrogen and oxygen atoms in total. The summed E-state index contributed by atoms with van der Waals surface area (Å²) in [5.74, 6) is 0. The molecule has 2 rings (SSSR count). The summed E-state index contributed by atoms with van der Waals surface area (Å²) in [6, 6.07) is 0.383. The van der Waals surface area contributed by atoms with E-state index in [-0.39, 0.29) is 0 Å². The molecule has 0 saturated carbocycles. The molecule has 2 aromatic rings. The first kappa shape index (κ1) is 8.99. The molecule has 1 radical (unpaired) electrons. The highest BCUT2D eigenvalue weighted by molar-refractivity contribution is 5.25. The molecule has 4 heteroatoms. The standard InChI is InChI=1S/C10H13N4/c1-8(2)14-6-10(4-12-14)13-5-9(3)11-7-13/h4,6-8H,1-3H3. The average Bonchev–Trinajstić information content (AvgIpc) is 2.70. The fourth-order valence-corrected chi connectivity index (χ4v) is 1.24. The molecule has 2 aromatic heterocycles. The van der Waals surface area contributed by atoms with Gasteiger partial charge in [0, 0.05) is 12.2 Å². The molecule has 0 saturated heterocycles. The number of aromatic nitrogens is 4. The van der Waals surface area contributed by atoms with Crippen LogP contribution in [0.3, 0.4) is 0 Å². The topological polar surface area (TPSA) is 35.6 Å². The summed E-state index contributed by atoms with van der Waals surface area (Å²) in [6.07, 6.45) is 8.65. The summed E-state index contributed by atoms with van der Waals surface area (Å²) < 4.78 is 3.76. The average molecular weight is 189 g/mol. The van der Waals surface area contributed by atoms with Crippen molar-refractivity contribution in [2.24, 2.45) is 0 Å². The molecule has 14 heavy (non-hydrogen) atoms. The highest BCUT2D eigenvalue weighted by atomic mass is 15.3. The van der Waals surface area contributed by atoms with Crippen LogP contribution >= 0.6 is 0 Å². The lowest BCUT2D eigenvalue weighted by Gasteiger charge is -2.02. The zero-order valence-electron chi connectivity index (χ0n) is 8.60. The predicted molar refractivity (Wildman–Crippen MR) is 53.3 cm³/mol. The number of rotatable bonds is 2. The lowest BCUT2D eigenvalue weighted by molar-refractivity contribution is 0.532. The van der Waals surface area contributed by atoms with Crippen molar-refractivity contribution >= 4 is 0 Å². The van der Waals surface area contributed by atoms with Gasteiger partial charge in [0.2, 0.25) is 0 Å². The van der Waals surface area contributed by atoms with E-state index in [1.54, 1.807) is 6.33 Å². The molecular formula is C10H13N4. The van der Waals surface area contributed by atoms with Gasteiger partial charge in [-0.2, -0.15) is 5.10 Å². The van der Waals surface area contributed by atoms with Crippen molar-refractivity contribution in [1.29, 1.82) is 0 Å². The number of hydrogen-bond donors (Lipinski definition) is 0. The van der Waals surface area contributed by atoms with Gasteiger partial charge in [-0.15, -0.1) is 0 Å². The first-order chi connectivity index (χ1) is 6.66. The summed E-state index contributed by atoms with van der Waals surface area (Å²) in [4.78, 5) is 4.12. The minimum absolute atomic E-state index is 0.383. The Balaban J connectivity index is 2.33. The Bertz CT molecular complexity index is 425. The van der Waals surface area contributed by atoms with E-state index in [9.17, 15) is 0 Å². The van der Waals surface area contributed by atoms with Crippen LogP contribution in [-0.2, 0) is 0 Å². The predicted octanol–water partition coefficient (Wildman–Crippen LogP) is 1.76. The summed E-state index contributed by atoms with van der Waals surface area (Å²) in [5, 5.41) is 4.25. The Morgan fingerprint density at radius 2 is 2.21 bits per heavy atom. The third-order valence-corrected chi connectivity index (χ3v) is 2.04. The van der Waals surface area contributed by atoms with Crippen molar-refractivity contribution in [2.45, 2.75) is 26.8 Å². The van der Waals surface area contributed by atoms with Crippen LogP contribution in [-0.4, -0.2) is 19.3 Å². The third kappa shape index (κ3) is 1.55. The minimum atomic E-state index is 0.383. The zero-order chi connectivity index (χ0) is 10.1. The second kappa shape index (κ2) is 3.29. The summed E-state index contributed by atoms with van der Waals surface area (Å²) in [7, 11) is 0. The Labute approximate surface area is 83.2 Å². The molecule has 0 bridgehead atoms. The Morgan fingerprint density at radius 1 is 1.43 bits per heavy atom. The molecule has 0 unspecified atom stereocenters. The molecule has 0 spiro atoms. The molecule has 0 amide bonds. The van der Waals surface area contributed by atoms with Crippen LogP contribution < -0.4 is 0 Å². The first-order valence-corrected chi connectivity index (χ1v) is 4.64. The van der Waals surface area contributed by atoms with Gasteiger partial charge < -0.3 is 0 Å². The fraction of sp³-hybridized carbons (Fsp3) is 0.400. The molecular weight excluding hydrogens is 176 g/mol. The van der Waals surface area contributed by atoms with Gasteiger partial charge in [-0.3, -0.25) is 9.25 Å². The molecule has 73 valence electrons. The maximum absolute atomic E-state index is 4.25. The van der Waals surface area contributed by atoms with Crippen molar-refractivity contribution in [2.75, 3.05) is 0 Å². The molecule has 2 heterocycles. The summed E-state index contributed by atoms with van der Waals surface area (Å²) in [6.45, 7) is 6.11. The summed E-state index contributed by atoms with van der Waals surface area (Å²) in [5.41, 5.74) is 1.89. The van der Waals surface area contributed by atoms with Gasteiger partial charge >= 0.3 is 0 Å². The Hall–Kier alpha value is -1.58. The van der Waals surface area contributed by atoms with Gasteiger partial charge in [0.25, 0.3) is 0 Å². The van der Waals surface area contributed by atoms with E-state index < -0.39 is 0 Å². The van der Waals surface area contributed by atoms with E-state index in [2.05, 4.69) is 30.1 Å². The number of imidazole rings is 1. The van der Waals surface area contributed by atoms with Gasteiger partial charge in [-0.1, -0.05) is 0 Å². The lowest BCUT2D eigenvalue weighted by atomic mass is 10.4. The second-order valence-corrected chi connectivity index (χ2v) is 3.58. The van der Waals surface area contributed by atoms with E-state index in [0.717, 1.165) is 11.4 Å². The number of aryl methyl sites for hydroxylation is 1. The van der Waals surface area contributed by atoms with Gasteiger partial charge in [0.15, 0.2) is 0 Å². The Kier molecular flexibility index (Phi) is 2.11. The molecule has 0 aliphatic carbocycles. The third-order valence-electron chi connectivity index (χ3n) is 2.04. The highest BCUT2D eigenvalue weighted by Gasteiger charge is 2.03. The van der Waals surface area contributed by atoms with E-state index in [0.29, 0.717) is 6.04 Å². The molecule has 0 atom stereocenters. The van der Waals surface area contributed by atoms with Crippen LogP contribution in [0.2, 0.25) is 0 Å². The lowest BCUT2D eigenvalue weighted by Crippen LogP contribution is -2.00. The maximum atomic E-state index is 4.25. The van der Waals surface area contributed by atoms with Gasteiger partial charge in [0.1, 0.15) is 6.33 Å². The van der Waals surface area contributed by atoms with Crippen molar-refractivity contribution in [3.63, 3.8) is 0 Å². The van der Waals surface area contributed by atoms with Crippen LogP contribution in [0.25, 0.3) is 5.69 Å².